The molecule has 0 heterocycles. The topological polar surface area (TPSA) is 65.5 Å². The third-order valence-corrected chi connectivity index (χ3v) is 4.73. The van der Waals surface area contributed by atoms with Gasteiger partial charge in [-0.15, -0.1) is 24.0 Å². The Bertz CT molecular complexity index is 431. The highest BCUT2D eigenvalue weighted by Gasteiger charge is 2.15. The first kappa shape index (κ1) is 21.3. The lowest BCUT2D eigenvalue weighted by Crippen LogP contribution is -2.46. The lowest BCUT2D eigenvalue weighted by molar-refractivity contribution is -0.120. The number of rotatable bonds is 6. The minimum absolute atomic E-state index is 0. The average molecular weight is 448 g/mol. The fourth-order valence-corrected chi connectivity index (χ4v) is 3.38. The summed E-state index contributed by atoms with van der Waals surface area (Å²) in [6.07, 6.45) is 14.6. The highest BCUT2D eigenvalue weighted by Crippen LogP contribution is 2.19. The second-order valence-electron chi connectivity index (χ2n) is 6.61. The Hall–Kier alpha value is -0.790. The van der Waals surface area contributed by atoms with E-state index in [2.05, 4.69) is 27.0 Å². The number of hydrogen-bond donors (Lipinski definition) is 3. The predicted molar refractivity (Wildman–Crippen MR) is 111 cm³/mol. The maximum Gasteiger partial charge on any atom is 0.239 e. The number of aliphatic imine (C=N–C) groups is 1. The first-order chi connectivity index (χ1) is 11.3. The van der Waals surface area contributed by atoms with Crippen molar-refractivity contribution in [1.82, 2.24) is 16.0 Å². The number of halogens is 1. The first-order valence-corrected chi connectivity index (χ1v) is 9.19. The van der Waals surface area contributed by atoms with Crippen molar-refractivity contribution in [3.8, 4) is 0 Å². The molecule has 1 saturated carbocycles. The van der Waals surface area contributed by atoms with Crippen molar-refractivity contribution in [3.05, 3.63) is 11.6 Å². The van der Waals surface area contributed by atoms with Crippen LogP contribution in [0, 0.1) is 0 Å². The monoisotopic (exact) mass is 448 g/mol. The standard InChI is InChI=1S/C18H32N4O.HI/c1-19-18(20-13-12-15-8-4-2-5-9-15)21-14-17(23)22-16-10-6-3-7-11-16;/h8,16H,2-7,9-14H2,1H3,(H,22,23)(H2,19,20,21);1H. The molecule has 0 atom stereocenters. The SMILES string of the molecule is CN=C(NCCC1=CCCCC1)NCC(=O)NC1CCCCC1.I. The summed E-state index contributed by atoms with van der Waals surface area (Å²) in [7, 11) is 1.74. The number of carbonyl (C=O) groups is 1. The molecular weight excluding hydrogens is 415 g/mol. The highest BCUT2D eigenvalue weighted by molar-refractivity contribution is 14.0. The van der Waals surface area contributed by atoms with Crippen LogP contribution in [0.4, 0.5) is 0 Å². The van der Waals surface area contributed by atoms with E-state index in [4.69, 9.17) is 0 Å². The smallest absolute Gasteiger partial charge is 0.239 e. The van der Waals surface area contributed by atoms with Gasteiger partial charge in [-0.1, -0.05) is 30.9 Å². The molecule has 0 bridgehead atoms. The molecule has 0 saturated heterocycles. The van der Waals surface area contributed by atoms with Crippen LogP contribution >= 0.6 is 24.0 Å². The number of carbonyl (C=O) groups excluding carboxylic acids is 1. The molecule has 0 unspecified atom stereocenters. The van der Waals surface area contributed by atoms with Crippen molar-refractivity contribution in [2.75, 3.05) is 20.1 Å². The van der Waals surface area contributed by atoms with E-state index >= 15 is 0 Å². The molecule has 24 heavy (non-hydrogen) atoms. The summed E-state index contributed by atoms with van der Waals surface area (Å²) in [5, 5.41) is 9.51. The molecule has 3 N–H and O–H groups in total. The first-order valence-electron chi connectivity index (χ1n) is 9.19. The second kappa shape index (κ2) is 12.6. The van der Waals surface area contributed by atoms with Gasteiger partial charge in [0, 0.05) is 19.6 Å². The van der Waals surface area contributed by atoms with Gasteiger partial charge in [0.05, 0.1) is 6.54 Å². The Morgan fingerprint density at radius 1 is 1.17 bits per heavy atom. The molecule has 6 heteroatoms. The third-order valence-electron chi connectivity index (χ3n) is 4.73. The van der Waals surface area contributed by atoms with Crippen molar-refractivity contribution >= 4 is 35.8 Å². The van der Waals surface area contributed by atoms with Gasteiger partial charge in [-0.3, -0.25) is 9.79 Å². The van der Waals surface area contributed by atoms with Crippen LogP contribution in [-0.4, -0.2) is 38.0 Å². The van der Waals surface area contributed by atoms with E-state index in [1.165, 1.54) is 44.9 Å². The summed E-state index contributed by atoms with van der Waals surface area (Å²) >= 11 is 0. The van der Waals surface area contributed by atoms with Crippen molar-refractivity contribution < 1.29 is 4.79 Å². The van der Waals surface area contributed by atoms with E-state index in [0.717, 1.165) is 25.8 Å². The molecule has 1 amide bonds. The van der Waals surface area contributed by atoms with Gasteiger partial charge < -0.3 is 16.0 Å². The van der Waals surface area contributed by atoms with E-state index < -0.39 is 0 Å². The van der Waals surface area contributed by atoms with Crippen LogP contribution in [0.5, 0.6) is 0 Å². The Labute approximate surface area is 163 Å². The van der Waals surface area contributed by atoms with Crippen LogP contribution < -0.4 is 16.0 Å². The molecule has 0 aromatic carbocycles. The van der Waals surface area contributed by atoms with E-state index in [9.17, 15) is 4.79 Å². The van der Waals surface area contributed by atoms with Gasteiger partial charge in [0.25, 0.3) is 0 Å². The Balaban J connectivity index is 0.00000288. The largest absolute Gasteiger partial charge is 0.356 e. The fourth-order valence-electron chi connectivity index (χ4n) is 3.38. The molecule has 0 aromatic rings. The van der Waals surface area contributed by atoms with Gasteiger partial charge in [-0.25, -0.2) is 0 Å². The number of guanidine groups is 1. The summed E-state index contributed by atoms with van der Waals surface area (Å²) in [6, 6.07) is 0.367. The van der Waals surface area contributed by atoms with Gasteiger partial charge in [0.2, 0.25) is 5.91 Å². The lowest BCUT2D eigenvalue weighted by atomic mass is 9.95. The molecule has 1 fully saturated rings. The van der Waals surface area contributed by atoms with Crippen LogP contribution in [-0.2, 0) is 4.79 Å². The quantitative estimate of drug-likeness (QED) is 0.253. The maximum absolute atomic E-state index is 12.0. The molecular formula is C18H33IN4O. The van der Waals surface area contributed by atoms with Crippen LogP contribution in [0.3, 0.4) is 0 Å². The molecule has 2 aliphatic carbocycles. The highest BCUT2D eigenvalue weighted by atomic mass is 127. The summed E-state index contributed by atoms with van der Waals surface area (Å²) in [4.78, 5) is 16.2. The van der Waals surface area contributed by atoms with Crippen molar-refractivity contribution in [1.29, 1.82) is 0 Å². The van der Waals surface area contributed by atoms with Crippen molar-refractivity contribution in [2.24, 2.45) is 4.99 Å². The van der Waals surface area contributed by atoms with Crippen molar-refractivity contribution in [3.63, 3.8) is 0 Å². The maximum atomic E-state index is 12.0. The van der Waals surface area contributed by atoms with E-state index in [1.54, 1.807) is 12.6 Å². The van der Waals surface area contributed by atoms with Crippen LogP contribution in [0.2, 0.25) is 0 Å². The second-order valence-corrected chi connectivity index (χ2v) is 6.61. The van der Waals surface area contributed by atoms with Crippen molar-refractivity contribution in [2.45, 2.75) is 70.3 Å². The van der Waals surface area contributed by atoms with Crippen LogP contribution in [0.1, 0.15) is 64.2 Å². The van der Waals surface area contributed by atoms with Crippen LogP contribution in [0.15, 0.2) is 16.6 Å². The van der Waals surface area contributed by atoms with Gasteiger partial charge in [-0.05, 0) is 44.9 Å². The predicted octanol–water partition coefficient (Wildman–Crippen LogP) is 3.11. The van der Waals surface area contributed by atoms with Gasteiger partial charge in [0.15, 0.2) is 5.96 Å². The molecule has 138 valence electrons. The summed E-state index contributed by atoms with van der Waals surface area (Å²) < 4.78 is 0. The zero-order valence-electron chi connectivity index (χ0n) is 14.9. The molecule has 0 radical (unpaired) electrons. The van der Waals surface area contributed by atoms with E-state index in [1.807, 2.05) is 0 Å². The number of nitrogens with one attached hydrogen (secondary N) is 3. The molecule has 5 nitrogen and oxygen atoms in total. The van der Waals surface area contributed by atoms with E-state index in [0.29, 0.717) is 18.5 Å². The summed E-state index contributed by atoms with van der Waals surface area (Å²) in [5.74, 6) is 0.773. The minimum Gasteiger partial charge on any atom is -0.356 e. The minimum atomic E-state index is 0. The van der Waals surface area contributed by atoms with Crippen LogP contribution in [0.25, 0.3) is 0 Å². The zero-order chi connectivity index (χ0) is 16.3. The fraction of sp³-hybridized carbons (Fsp3) is 0.778. The number of allylic oxidation sites excluding steroid dienone is 1. The number of amides is 1. The zero-order valence-corrected chi connectivity index (χ0v) is 17.2. The average Bonchev–Trinajstić information content (AvgIpc) is 2.59. The molecule has 2 rings (SSSR count). The molecule has 0 aromatic heterocycles. The normalized spacial score (nSPS) is 19.0. The Morgan fingerprint density at radius 2 is 1.96 bits per heavy atom. The Morgan fingerprint density at radius 3 is 2.62 bits per heavy atom. The van der Waals surface area contributed by atoms with E-state index in [-0.39, 0.29) is 29.9 Å². The van der Waals surface area contributed by atoms with Gasteiger partial charge in [-0.2, -0.15) is 0 Å². The summed E-state index contributed by atoms with van der Waals surface area (Å²) in [6.45, 7) is 1.16. The van der Waals surface area contributed by atoms with Gasteiger partial charge in [0.1, 0.15) is 0 Å². The number of hydrogen-bond acceptors (Lipinski definition) is 2. The molecule has 0 spiro atoms. The molecule has 0 aliphatic heterocycles. The lowest BCUT2D eigenvalue weighted by Gasteiger charge is -2.23. The Kier molecular flexibility index (Phi) is 11.1. The summed E-state index contributed by atoms with van der Waals surface area (Å²) in [5.41, 5.74) is 1.55. The van der Waals surface area contributed by atoms with Gasteiger partial charge >= 0.3 is 0 Å². The number of nitrogens with zero attached hydrogens (tertiary/aromatic N) is 1. The molecule has 2 aliphatic rings. The third kappa shape index (κ3) is 8.35.